The van der Waals surface area contributed by atoms with E-state index in [2.05, 4.69) is 15.9 Å². The number of halogens is 1. The third-order valence-electron chi connectivity index (χ3n) is 2.16. The molecule has 0 aliphatic rings. The standard InChI is InChI=1S/C11H13BrO2/c12-8-10(11(13)14)7-6-9-4-2-1-3-5-9/h1-5,10H,6-8H2,(H,13,14)/t10-/m1/s1. The van der Waals surface area contributed by atoms with Crippen molar-refractivity contribution in [3.63, 3.8) is 0 Å². The minimum absolute atomic E-state index is 0.282. The fourth-order valence-corrected chi connectivity index (χ4v) is 1.85. The fraction of sp³-hybridized carbons (Fsp3) is 0.364. The monoisotopic (exact) mass is 256 g/mol. The highest BCUT2D eigenvalue weighted by Crippen LogP contribution is 2.12. The van der Waals surface area contributed by atoms with E-state index in [0.717, 1.165) is 6.42 Å². The van der Waals surface area contributed by atoms with Gasteiger partial charge in [0.05, 0.1) is 5.92 Å². The molecule has 0 bridgehead atoms. The first-order valence-corrected chi connectivity index (χ1v) is 5.69. The second-order valence-electron chi connectivity index (χ2n) is 3.21. The number of carboxylic acid groups (broad SMARTS) is 1. The fourth-order valence-electron chi connectivity index (χ4n) is 1.25. The zero-order chi connectivity index (χ0) is 10.4. The van der Waals surface area contributed by atoms with Crippen LogP contribution in [0.3, 0.4) is 0 Å². The van der Waals surface area contributed by atoms with E-state index in [4.69, 9.17) is 5.11 Å². The van der Waals surface area contributed by atoms with Crippen molar-refractivity contribution in [1.29, 1.82) is 0 Å². The van der Waals surface area contributed by atoms with Crippen molar-refractivity contribution < 1.29 is 9.90 Å². The van der Waals surface area contributed by atoms with Crippen LogP contribution in [-0.2, 0) is 11.2 Å². The lowest BCUT2D eigenvalue weighted by molar-refractivity contribution is -0.141. The van der Waals surface area contributed by atoms with Crippen molar-refractivity contribution in [2.75, 3.05) is 5.33 Å². The average Bonchev–Trinajstić information content (AvgIpc) is 2.20. The maximum absolute atomic E-state index is 10.7. The summed E-state index contributed by atoms with van der Waals surface area (Å²) in [6.07, 6.45) is 1.51. The van der Waals surface area contributed by atoms with Gasteiger partial charge in [0.25, 0.3) is 0 Å². The summed E-state index contributed by atoms with van der Waals surface area (Å²) in [5, 5.41) is 9.34. The van der Waals surface area contributed by atoms with E-state index in [-0.39, 0.29) is 5.92 Å². The van der Waals surface area contributed by atoms with Crippen molar-refractivity contribution in [3.8, 4) is 0 Å². The van der Waals surface area contributed by atoms with Crippen molar-refractivity contribution in [2.45, 2.75) is 12.8 Å². The summed E-state index contributed by atoms with van der Waals surface area (Å²) < 4.78 is 0. The summed E-state index contributed by atoms with van der Waals surface area (Å²) in [4.78, 5) is 10.7. The first kappa shape index (κ1) is 11.2. The van der Waals surface area contributed by atoms with Crippen molar-refractivity contribution in [3.05, 3.63) is 35.9 Å². The van der Waals surface area contributed by atoms with Gasteiger partial charge in [0.2, 0.25) is 0 Å². The molecule has 0 amide bonds. The number of hydrogen-bond acceptors (Lipinski definition) is 1. The molecule has 0 spiro atoms. The van der Waals surface area contributed by atoms with Gasteiger partial charge in [-0.25, -0.2) is 0 Å². The molecule has 0 fully saturated rings. The van der Waals surface area contributed by atoms with Crippen molar-refractivity contribution in [1.82, 2.24) is 0 Å². The smallest absolute Gasteiger partial charge is 0.307 e. The van der Waals surface area contributed by atoms with E-state index in [9.17, 15) is 4.79 Å². The number of hydrogen-bond donors (Lipinski definition) is 1. The molecule has 0 aliphatic heterocycles. The molecule has 1 N–H and O–H groups in total. The molecule has 2 nitrogen and oxygen atoms in total. The predicted octanol–water partition coefficient (Wildman–Crippen LogP) is 2.71. The van der Waals surface area contributed by atoms with Gasteiger partial charge in [-0.2, -0.15) is 0 Å². The first-order valence-electron chi connectivity index (χ1n) is 4.56. The van der Waals surface area contributed by atoms with Gasteiger partial charge in [0.15, 0.2) is 0 Å². The molecule has 3 heteroatoms. The number of carboxylic acids is 1. The number of rotatable bonds is 5. The molecular weight excluding hydrogens is 244 g/mol. The van der Waals surface area contributed by atoms with Gasteiger partial charge in [-0.15, -0.1) is 0 Å². The van der Waals surface area contributed by atoms with E-state index >= 15 is 0 Å². The molecule has 0 saturated carbocycles. The van der Waals surface area contributed by atoms with Crippen molar-refractivity contribution in [2.24, 2.45) is 5.92 Å². The molecule has 14 heavy (non-hydrogen) atoms. The molecule has 0 saturated heterocycles. The van der Waals surface area contributed by atoms with Gasteiger partial charge in [0.1, 0.15) is 0 Å². The lowest BCUT2D eigenvalue weighted by Gasteiger charge is -2.07. The Morgan fingerprint density at radius 3 is 2.50 bits per heavy atom. The van der Waals surface area contributed by atoms with Gasteiger partial charge in [-0.05, 0) is 18.4 Å². The number of benzene rings is 1. The normalized spacial score (nSPS) is 12.4. The molecule has 0 heterocycles. The Kier molecular flexibility index (Phi) is 4.66. The maximum Gasteiger partial charge on any atom is 0.307 e. The molecule has 1 atom stereocenters. The second kappa shape index (κ2) is 5.81. The molecule has 0 aliphatic carbocycles. The number of alkyl halides is 1. The number of aryl methyl sites for hydroxylation is 1. The van der Waals surface area contributed by atoms with Crippen LogP contribution in [0.15, 0.2) is 30.3 Å². The van der Waals surface area contributed by atoms with Crippen LogP contribution in [0.1, 0.15) is 12.0 Å². The van der Waals surface area contributed by atoms with E-state index in [0.29, 0.717) is 11.8 Å². The van der Waals surface area contributed by atoms with E-state index < -0.39 is 5.97 Å². The zero-order valence-electron chi connectivity index (χ0n) is 7.82. The Bertz CT molecular complexity index is 285. The summed E-state index contributed by atoms with van der Waals surface area (Å²) in [6.45, 7) is 0. The lowest BCUT2D eigenvalue weighted by Crippen LogP contribution is -2.15. The minimum Gasteiger partial charge on any atom is -0.481 e. The Morgan fingerprint density at radius 1 is 1.36 bits per heavy atom. The van der Waals surface area contributed by atoms with E-state index in [1.165, 1.54) is 5.56 Å². The lowest BCUT2D eigenvalue weighted by atomic mass is 10.0. The largest absolute Gasteiger partial charge is 0.481 e. The summed E-state index contributed by atoms with van der Waals surface area (Å²) in [7, 11) is 0. The predicted molar refractivity (Wildman–Crippen MR) is 59.7 cm³/mol. The molecule has 0 unspecified atom stereocenters. The average molecular weight is 257 g/mol. The topological polar surface area (TPSA) is 37.3 Å². The van der Waals surface area contributed by atoms with E-state index in [1.807, 2.05) is 30.3 Å². The number of aliphatic carboxylic acids is 1. The molecule has 76 valence electrons. The molecule has 0 aromatic heterocycles. The summed E-state index contributed by atoms with van der Waals surface area (Å²) in [6, 6.07) is 9.95. The zero-order valence-corrected chi connectivity index (χ0v) is 9.40. The van der Waals surface area contributed by atoms with Gasteiger partial charge < -0.3 is 5.11 Å². The molecular formula is C11H13BrO2. The Balaban J connectivity index is 2.44. The van der Waals surface area contributed by atoms with Crippen LogP contribution in [0, 0.1) is 5.92 Å². The highest BCUT2D eigenvalue weighted by molar-refractivity contribution is 9.09. The molecule has 1 aromatic rings. The number of carbonyl (C=O) groups is 1. The summed E-state index contributed by atoms with van der Waals surface area (Å²) in [5.74, 6) is -1.01. The van der Waals surface area contributed by atoms with Crippen LogP contribution in [-0.4, -0.2) is 16.4 Å². The molecule has 1 aromatic carbocycles. The maximum atomic E-state index is 10.7. The van der Waals surface area contributed by atoms with Crippen LogP contribution >= 0.6 is 15.9 Å². The quantitative estimate of drug-likeness (QED) is 0.823. The third-order valence-corrected chi connectivity index (χ3v) is 2.94. The van der Waals surface area contributed by atoms with Crippen LogP contribution in [0.5, 0.6) is 0 Å². The Hall–Kier alpha value is -0.830. The van der Waals surface area contributed by atoms with Crippen LogP contribution in [0.2, 0.25) is 0 Å². The van der Waals surface area contributed by atoms with Gasteiger partial charge in [0, 0.05) is 5.33 Å². The highest BCUT2D eigenvalue weighted by Gasteiger charge is 2.14. The van der Waals surface area contributed by atoms with E-state index in [1.54, 1.807) is 0 Å². The van der Waals surface area contributed by atoms with Gasteiger partial charge >= 0.3 is 5.97 Å². The van der Waals surface area contributed by atoms with Crippen LogP contribution < -0.4 is 0 Å². The molecule has 1 rings (SSSR count). The summed E-state index contributed by atoms with van der Waals surface area (Å²) >= 11 is 3.21. The third kappa shape index (κ3) is 3.50. The Labute approximate surface area is 92.1 Å². The van der Waals surface area contributed by atoms with Crippen LogP contribution in [0.25, 0.3) is 0 Å². The Morgan fingerprint density at radius 2 is 2.00 bits per heavy atom. The first-order chi connectivity index (χ1) is 6.74. The van der Waals surface area contributed by atoms with Crippen LogP contribution in [0.4, 0.5) is 0 Å². The van der Waals surface area contributed by atoms with Gasteiger partial charge in [-0.1, -0.05) is 46.3 Å². The van der Waals surface area contributed by atoms with Gasteiger partial charge in [-0.3, -0.25) is 4.79 Å². The summed E-state index contributed by atoms with van der Waals surface area (Å²) in [5.41, 5.74) is 1.19. The van der Waals surface area contributed by atoms with Crippen molar-refractivity contribution >= 4 is 21.9 Å². The SMILES string of the molecule is O=C(O)[C@@H](CBr)CCc1ccccc1. The minimum atomic E-state index is -0.724. The molecule has 0 radical (unpaired) electrons. The highest BCUT2D eigenvalue weighted by atomic mass is 79.9. The second-order valence-corrected chi connectivity index (χ2v) is 3.86.